The first-order valence-corrected chi connectivity index (χ1v) is 2.99. The lowest BCUT2D eigenvalue weighted by Gasteiger charge is -2.03. The van der Waals surface area contributed by atoms with Crippen LogP contribution in [0, 0.1) is 5.41 Å². The van der Waals surface area contributed by atoms with Crippen molar-refractivity contribution in [2.75, 3.05) is 5.75 Å². The first kappa shape index (κ1) is 5.69. The summed E-state index contributed by atoms with van der Waals surface area (Å²) in [5, 5.41) is 7.06. The Bertz CT molecular complexity index is 132. The van der Waals surface area contributed by atoms with Crippen molar-refractivity contribution in [2.24, 2.45) is 0 Å². The fourth-order valence-corrected chi connectivity index (χ4v) is 1.02. The van der Waals surface area contributed by atoms with Crippen molar-refractivity contribution in [1.29, 1.82) is 5.41 Å². The molecule has 8 heavy (non-hydrogen) atoms. The van der Waals surface area contributed by atoms with Gasteiger partial charge in [-0.1, -0.05) is 11.8 Å². The molecule has 0 aromatic heterocycles. The molecule has 1 aliphatic heterocycles. The van der Waals surface area contributed by atoms with E-state index in [4.69, 9.17) is 13.4 Å². The number of nitrogens with zero attached hydrogens (tertiary/aromatic N) is 1. The summed E-state index contributed by atoms with van der Waals surface area (Å²) in [5.41, 5.74) is 0. The summed E-state index contributed by atoms with van der Waals surface area (Å²) in [7, 11) is 5.06. The maximum Gasteiger partial charge on any atom is 0.241 e. The quantitative estimate of drug-likeness (QED) is 0.448. The lowest BCUT2D eigenvalue weighted by Crippen LogP contribution is -2.25. The van der Waals surface area contributed by atoms with E-state index in [9.17, 15) is 4.79 Å². The summed E-state index contributed by atoms with van der Waals surface area (Å²) in [6.45, 7) is 0. The van der Waals surface area contributed by atoms with Gasteiger partial charge in [-0.05, 0) is 0 Å². The summed E-state index contributed by atoms with van der Waals surface area (Å²) in [6.07, 6.45) is 0. The van der Waals surface area contributed by atoms with Gasteiger partial charge in [0.2, 0.25) is 13.9 Å². The van der Waals surface area contributed by atoms with Crippen molar-refractivity contribution in [3.8, 4) is 0 Å². The van der Waals surface area contributed by atoms with E-state index in [1.54, 1.807) is 0 Å². The molecule has 0 spiro atoms. The smallest absolute Gasteiger partial charge is 0.241 e. The van der Waals surface area contributed by atoms with Gasteiger partial charge in [0.1, 0.15) is 5.17 Å². The zero-order valence-corrected chi connectivity index (χ0v) is 4.86. The molecule has 5 heteroatoms. The van der Waals surface area contributed by atoms with Crippen LogP contribution in [0.25, 0.3) is 0 Å². The number of rotatable bonds is 0. The third kappa shape index (κ3) is 0.731. The van der Waals surface area contributed by atoms with Crippen molar-refractivity contribution in [3.05, 3.63) is 0 Å². The van der Waals surface area contributed by atoms with Gasteiger partial charge in [-0.2, -0.15) is 0 Å². The summed E-state index contributed by atoms with van der Waals surface area (Å²) in [6, 6.07) is 0. The van der Waals surface area contributed by atoms with Gasteiger partial charge in [-0.15, -0.1) is 0 Å². The summed E-state index contributed by atoms with van der Waals surface area (Å²) in [4.78, 5) is 11.3. The summed E-state index contributed by atoms with van der Waals surface area (Å²) in [5.74, 6) is 0.120. The van der Waals surface area contributed by atoms with Crippen molar-refractivity contribution < 1.29 is 4.79 Å². The molecule has 40 valence electrons. The van der Waals surface area contributed by atoms with Gasteiger partial charge in [-0.3, -0.25) is 10.2 Å². The number of carbonyl (C=O) groups is 1. The van der Waals surface area contributed by atoms with E-state index >= 15 is 0 Å². The molecule has 0 aromatic carbocycles. The minimum absolute atomic E-state index is 0.134. The Hall–Kier alpha value is -0.445. The number of nitrogens with one attached hydrogen (secondary N) is 1. The zero-order chi connectivity index (χ0) is 6.15. The highest BCUT2D eigenvalue weighted by atomic mass is 32.2. The Labute approximate surface area is 52.4 Å². The van der Waals surface area contributed by atoms with Crippen LogP contribution in [-0.2, 0) is 4.79 Å². The van der Waals surface area contributed by atoms with E-state index in [1.165, 1.54) is 0 Å². The van der Waals surface area contributed by atoms with E-state index in [-0.39, 0.29) is 11.1 Å². The number of amides is 1. The first-order valence-electron chi connectivity index (χ1n) is 2.01. The van der Waals surface area contributed by atoms with Gasteiger partial charge in [0.15, 0.2) is 0 Å². The van der Waals surface area contributed by atoms with E-state index in [0.717, 1.165) is 16.6 Å². The molecule has 1 aliphatic rings. The Kier molecular flexibility index (Phi) is 1.29. The van der Waals surface area contributed by atoms with Crippen LogP contribution in [0.5, 0.6) is 0 Å². The average molecular weight is 126 g/mol. The van der Waals surface area contributed by atoms with Gasteiger partial charge >= 0.3 is 0 Å². The maximum absolute atomic E-state index is 10.4. The highest BCUT2D eigenvalue weighted by Gasteiger charge is 2.21. The highest BCUT2D eigenvalue weighted by Crippen LogP contribution is 2.13. The highest BCUT2D eigenvalue weighted by molar-refractivity contribution is 8.15. The Morgan fingerprint density at radius 3 is 2.62 bits per heavy atom. The van der Waals surface area contributed by atoms with Gasteiger partial charge < -0.3 is 4.81 Å². The predicted molar refractivity (Wildman–Crippen MR) is 32.8 cm³/mol. The van der Waals surface area contributed by atoms with Crippen molar-refractivity contribution in [1.82, 2.24) is 4.81 Å². The molecule has 0 unspecified atom stereocenters. The summed E-state index contributed by atoms with van der Waals surface area (Å²) >= 11 is 1.15. The lowest BCUT2D eigenvalue weighted by atomic mass is 10.3. The predicted octanol–water partition coefficient (Wildman–Crippen LogP) is -0.420. The van der Waals surface area contributed by atoms with E-state index in [2.05, 4.69) is 0 Å². The number of amidine groups is 1. The fraction of sp³-hybridized carbons (Fsp3) is 0.333. The molecule has 0 saturated carbocycles. The SMILES string of the molecule is [B]N1C(=N)SCC1=O. The van der Waals surface area contributed by atoms with Crippen LogP contribution in [0.15, 0.2) is 0 Å². The molecular formula is C3H3BN2OS. The van der Waals surface area contributed by atoms with Crippen LogP contribution in [0.4, 0.5) is 0 Å². The molecule has 1 rings (SSSR count). The van der Waals surface area contributed by atoms with Crippen LogP contribution in [0.1, 0.15) is 0 Å². The number of hydrogen-bond donors (Lipinski definition) is 1. The fourth-order valence-electron chi connectivity index (χ4n) is 0.382. The molecule has 0 aromatic rings. The van der Waals surface area contributed by atoms with Gasteiger partial charge in [-0.25, -0.2) is 0 Å². The van der Waals surface area contributed by atoms with E-state index in [0.29, 0.717) is 5.75 Å². The molecule has 1 fully saturated rings. The number of carbonyl (C=O) groups excluding carboxylic acids is 1. The van der Waals surface area contributed by atoms with E-state index < -0.39 is 0 Å². The van der Waals surface area contributed by atoms with Gasteiger partial charge in [0, 0.05) is 0 Å². The molecule has 1 heterocycles. The Morgan fingerprint density at radius 2 is 2.50 bits per heavy atom. The number of hydrogen-bond acceptors (Lipinski definition) is 3. The standard InChI is InChI=1S/C3H3BN2OS/c4-6-2(7)1-8-3(6)5/h5H,1H2. The molecule has 1 amide bonds. The topological polar surface area (TPSA) is 44.2 Å². The van der Waals surface area contributed by atoms with Crippen molar-refractivity contribution >= 4 is 30.8 Å². The van der Waals surface area contributed by atoms with Crippen molar-refractivity contribution in [3.63, 3.8) is 0 Å². The molecule has 0 bridgehead atoms. The zero-order valence-electron chi connectivity index (χ0n) is 4.05. The molecule has 0 atom stereocenters. The second-order valence-electron chi connectivity index (χ2n) is 1.36. The molecule has 1 saturated heterocycles. The maximum atomic E-state index is 10.4. The second kappa shape index (κ2) is 1.82. The van der Waals surface area contributed by atoms with E-state index in [1.807, 2.05) is 0 Å². The normalized spacial score (nSPS) is 20.2. The average Bonchev–Trinajstić information content (AvgIpc) is 1.98. The Morgan fingerprint density at radius 1 is 1.88 bits per heavy atom. The van der Waals surface area contributed by atoms with Crippen LogP contribution >= 0.6 is 11.8 Å². The lowest BCUT2D eigenvalue weighted by molar-refractivity contribution is -0.120. The molecule has 0 aliphatic carbocycles. The minimum Gasteiger partial charge on any atom is -0.349 e. The summed E-state index contributed by atoms with van der Waals surface area (Å²) < 4.78 is 0. The molecular weight excluding hydrogens is 123 g/mol. The second-order valence-corrected chi connectivity index (χ2v) is 2.32. The van der Waals surface area contributed by atoms with Gasteiger partial charge in [0.25, 0.3) is 0 Å². The van der Waals surface area contributed by atoms with Crippen LogP contribution in [-0.4, -0.2) is 29.6 Å². The number of thioether (sulfide) groups is 1. The third-order valence-corrected chi connectivity index (χ3v) is 1.68. The largest absolute Gasteiger partial charge is 0.349 e. The minimum atomic E-state index is -0.194. The van der Waals surface area contributed by atoms with Crippen molar-refractivity contribution in [2.45, 2.75) is 0 Å². The molecule has 3 nitrogen and oxygen atoms in total. The van der Waals surface area contributed by atoms with Gasteiger partial charge in [0.05, 0.1) is 5.75 Å². The van der Waals surface area contributed by atoms with Crippen LogP contribution in [0.2, 0.25) is 0 Å². The monoisotopic (exact) mass is 126 g/mol. The molecule has 2 radical (unpaired) electrons. The molecule has 1 N–H and O–H groups in total. The Balaban J connectivity index is 2.70. The van der Waals surface area contributed by atoms with Crippen LogP contribution < -0.4 is 0 Å². The van der Waals surface area contributed by atoms with Crippen LogP contribution in [0.3, 0.4) is 0 Å². The third-order valence-electron chi connectivity index (χ3n) is 0.820. The first-order chi connectivity index (χ1) is 3.72.